The Balaban J connectivity index is 3.06. The molecule has 0 radical (unpaired) electrons. The molecule has 0 aliphatic heterocycles. The average molecular weight is 223 g/mol. The highest BCUT2D eigenvalue weighted by atomic mass is 16.5. The number of carbonyl (C=O) groups is 1. The van der Waals surface area contributed by atoms with Gasteiger partial charge in [0.25, 0.3) is 0 Å². The summed E-state index contributed by atoms with van der Waals surface area (Å²) < 4.78 is 4.60. The molecule has 88 valence electrons. The number of esters is 1. The van der Waals surface area contributed by atoms with E-state index in [2.05, 4.69) is 26.9 Å². The predicted octanol–water partition coefficient (Wildman–Crippen LogP) is 1.70. The Morgan fingerprint density at radius 1 is 1.38 bits per heavy atom. The Kier molecular flexibility index (Phi) is 4.22. The van der Waals surface area contributed by atoms with Crippen LogP contribution in [0.15, 0.2) is 0 Å². The number of carbonyl (C=O) groups excluding carboxylic acids is 1. The van der Waals surface area contributed by atoms with Crippen molar-refractivity contribution in [3.8, 4) is 0 Å². The third kappa shape index (κ3) is 2.68. The number of rotatable bonds is 4. The van der Waals surface area contributed by atoms with Gasteiger partial charge in [-0.2, -0.15) is 0 Å². The maximum absolute atomic E-state index is 11.3. The fraction of sp³-hybridized carbons (Fsp3) is 0.545. The monoisotopic (exact) mass is 223 g/mol. The topological polar surface area (TPSA) is 64.1 Å². The zero-order chi connectivity index (χ0) is 12.1. The van der Waals surface area contributed by atoms with Crippen LogP contribution in [0.25, 0.3) is 0 Å². The molecule has 0 aromatic carbocycles. The van der Waals surface area contributed by atoms with Gasteiger partial charge < -0.3 is 10.1 Å². The minimum Gasteiger partial charge on any atom is -0.463 e. The van der Waals surface area contributed by atoms with Gasteiger partial charge in [-0.1, -0.05) is 6.92 Å². The molecule has 16 heavy (non-hydrogen) atoms. The largest absolute Gasteiger partial charge is 0.463 e. The zero-order valence-electron chi connectivity index (χ0n) is 10.1. The molecule has 1 heterocycles. The van der Waals surface area contributed by atoms with E-state index in [9.17, 15) is 4.79 Å². The lowest BCUT2D eigenvalue weighted by Gasteiger charge is -2.10. The Hall–Kier alpha value is -1.65. The SMILES string of the molecule is CCCNc1nc(C(=O)OC)nc(C)c1C. The molecule has 0 saturated heterocycles. The number of ether oxygens (including phenoxy) is 1. The summed E-state index contributed by atoms with van der Waals surface area (Å²) in [6.07, 6.45) is 0.996. The van der Waals surface area contributed by atoms with E-state index in [1.807, 2.05) is 13.8 Å². The summed E-state index contributed by atoms with van der Waals surface area (Å²) in [7, 11) is 1.32. The van der Waals surface area contributed by atoms with Crippen LogP contribution < -0.4 is 5.32 Å². The van der Waals surface area contributed by atoms with Gasteiger partial charge in [-0.3, -0.25) is 0 Å². The van der Waals surface area contributed by atoms with Gasteiger partial charge in [0.15, 0.2) is 0 Å². The quantitative estimate of drug-likeness (QED) is 0.787. The van der Waals surface area contributed by atoms with E-state index >= 15 is 0 Å². The highest BCUT2D eigenvalue weighted by molar-refractivity contribution is 5.85. The zero-order valence-corrected chi connectivity index (χ0v) is 10.1. The second-order valence-electron chi connectivity index (χ2n) is 3.52. The van der Waals surface area contributed by atoms with Crippen LogP contribution in [0, 0.1) is 13.8 Å². The van der Waals surface area contributed by atoms with Gasteiger partial charge in [0.05, 0.1) is 7.11 Å². The first kappa shape index (κ1) is 12.4. The van der Waals surface area contributed by atoms with Crippen LogP contribution in [-0.4, -0.2) is 29.6 Å². The lowest BCUT2D eigenvalue weighted by atomic mass is 10.2. The Bertz CT molecular complexity index is 391. The third-order valence-electron chi connectivity index (χ3n) is 2.30. The van der Waals surface area contributed by atoms with Crippen molar-refractivity contribution in [1.82, 2.24) is 9.97 Å². The maximum Gasteiger partial charge on any atom is 0.376 e. The molecule has 1 N–H and O–H groups in total. The second-order valence-corrected chi connectivity index (χ2v) is 3.52. The van der Waals surface area contributed by atoms with Crippen molar-refractivity contribution in [3.63, 3.8) is 0 Å². The van der Waals surface area contributed by atoms with Crippen LogP contribution in [0.3, 0.4) is 0 Å². The summed E-state index contributed by atoms with van der Waals surface area (Å²) in [5.74, 6) is 0.293. The highest BCUT2D eigenvalue weighted by Gasteiger charge is 2.13. The molecule has 0 spiro atoms. The van der Waals surface area contributed by atoms with E-state index in [1.54, 1.807) is 0 Å². The fourth-order valence-corrected chi connectivity index (χ4v) is 1.23. The van der Waals surface area contributed by atoms with Gasteiger partial charge in [-0.05, 0) is 20.3 Å². The van der Waals surface area contributed by atoms with E-state index in [1.165, 1.54) is 7.11 Å². The van der Waals surface area contributed by atoms with Crippen molar-refractivity contribution >= 4 is 11.8 Å². The van der Waals surface area contributed by atoms with Crippen molar-refractivity contribution in [1.29, 1.82) is 0 Å². The number of hydrogen-bond acceptors (Lipinski definition) is 5. The summed E-state index contributed by atoms with van der Waals surface area (Å²) in [4.78, 5) is 19.6. The molecule has 1 rings (SSSR count). The molecule has 0 unspecified atom stereocenters. The lowest BCUT2D eigenvalue weighted by molar-refractivity contribution is 0.0586. The molecule has 0 aliphatic rings. The van der Waals surface area contributed by atoms with E-state index in [0.29, 0.717) is 5.82 Å². The van der Waals surface area contributed by atoms with Gasteiger partial charge in [0, 0.05) is 17.8 Å². The Morgan fingerprint density at radius 2 is 2.06 bits per heavy atom. The maximum atomic E-state index is 11.3. The Labute approximate surface area is 95.3 Å². The predicted molar refractivity (Wildman–Crippen MR) is 61.6 cm³/mol. The van der Waals surface area contributed by atoms with Crippen molar-refractivity contribution in [2.75, 3.05) is 19.0 Å². The lowest BCUT2D eigenvalue weighted by Crippen LogP contribution is -2.13. The van der Waals surface area contributed by atoms with Gasteiger partial charge in [0.1, 0.15) is 5.82 Å². The molecule has 0 fully saturated rings. The van der Waals surface area contributed by atoms with Crippen molar-refractivity contribution in [2.24, 2.45) is 0 Å². The van der Waals surface area contributed by atoms with E-state index < -0.39 is 5.97 Å². The number of hydrogen-bond donors (Lipinski definition) is 1. The van der Waals surface area contributed by atoms with Crippen LogP contribution in [0.1, 0.15) is 35.2 Å². The normalized spacial score (nSPS) is 10.0. The van der Waals surface area contributed by atoms with Crippen LogP contribution in [-0.2, 0) is 4.74 Å². The van der Waals surface area contributed by atoms with Gasteiger partial charge >= 0.3 is 5.97 Å². The minimum absolute atomic E-state index is 0.101. The molecule has 5 heteroatoms. The number of nitrogens with zero attached hydrogens (tertiary/aromatic N) is 2. The van der Waals surface area contributed by atoms with E-state index in [4.69, 9.17) is 0 Å². The van der Waals surface area contributed by atoms with Crippen LogP contribution >= 0.6 is 0 Å². The number of aromatic nitrogens is 2. The summed E-state index contributed by atoms with van der Waals surface area (Å²) in [6.45, 7) is 6.66. The van der Waals surface area contributed by atoms with E-state index in [-0.39, 0.29) is 5.82 Å². The van der Waals surface area contributed by atoms with Gasteiger partial charge in [-0.15, -0.1) is 0 Å². The molecular formula is C11H17N3O2. The molecule has 0 saturated carbocycles. The number of nitrogens with one attached hydrogen (secondary N) is 1. The molecule has 0 bridgehead atoms. The van der Waals surface area contributed by atoms with Gasteiger partial charge in [-0.25, -0.2) is 14.8 Å². The Morgan fingerprint density at radius 3 is 2.62 bits per heavy atom. The van der Waals surface area contributed by atoms with Crippen LogP contribution in [0.5, 0.6) is 0 Å². The first-order chi connectivity index (χ1) is 7.60. The summed E-state index contributed by atoms with van der Waals surface area (Å²) in [5.41, 5.74) is 1.75. The van der Waals surface area contributed by atoms with Crippen LogP contribution in [0.2, 0.25) is 0 Å². The van der Waals surface area contributed by atoms with Crippen molar-refractivity contribution < 1.29 is 9.53 Å². The molecule has 0 aliphatic carbocycles. The van der Waals surface area contributed by atoms with E-state index in [0.717, 1.165) is 24.2 Å². The van der Waals surface area contributed by atoms with Crippen molar-refractivity contribution in [2.45, 2.75) is 27.2 Å². The number of aryl methyl sites for hydroxylation is 1. The highest BCUT2D eigenvalue weighted by Crippen LogP contribution is 2.15. The third-order valence-corrected chi connectivity index (χ3v) is 2.30. The molecule has 1 aromatic heterocycles. The number of methoxy groups -OCH3 is 1. The number of anilines is 1. The minimum atomic E-state index is -0.511. The molecule has 0 atom stereocenters. The van der Waals surface area contributed by atoms with Gasteiger partial charge in [0.2, 0.25) is 5.82 Å². The summed E-state index contributed by atoms with van der Waals surface area (Å²) in [5, 5.41) is 3.16. The molecule has 5 nitrogen and oxygen atoms in total. The van der Waals surface area contributed by atoms with Crippen LogP contribution in [0.4, 0.5) is 5.82 Å². The second kappa shape index (κ2) is 5.44. The molecule has 1 aromatic rings. The average Bonchev–Trinajstić information content (AvgIpc) is 2.29. The molecule has 0 amide bonds. The first-order valence-electron chi connectivity index (χ1n) is 5.27. The standard InChI is InChI=1S/C11H17N3O2/c1-5-6-12-9-7(2)8(3)13-10(14-9)11(15)16-4/h5-6H2,1-4H3,(H,12,13,14). The smallest absolute Gasteiger partial charge is 0.376 e. The summed E-state index contributed by atoms with van der Waals surface area (Å²) in [6, 6.07) is 0. The molecular weight excluding hydrogens is 206 g/mol. The summed E-state index contributed by atoms with van der Waals surface area (Å²) >= 11 is 0. The fourth-order valence-electron chi connectivity index (χ4n) is 1.23. The first-order valence-corrected chi connectivity index (χ1v) is 5.27. The van der Waals surface area contributed by atoms with Crippen molar-refractivity contribution in [3.05, 3.63) is 17.1 Å².